The number of aliphatic hydroxyl groups is 2. The summed E-state index contributed by atoms with van der Waals surface area (Å²) in [5.41, 5.74) is 6.30. The number of halogens is 1. The van der Waals surface area contributed by atoms with E-state index >= 15 is 0 Å². The van der Waals surface area contributed by atoms with Crippen molar-refractivity contribution in [2.45, 2.75) is 56.4 Å². The van der Waals surface area contributed by atoms with Gasteiger partial charge in [-0.2, -0.15) is 9.97 Å². The van der Waals surface area contributed by atoms with Gasteiger partial charge in [-0.25, -0.2) is 9.37 Å². The fourth-order valence-electron chi connectivity index (χ4n) is 3.33. The van der Waals surface area contributed by atoms with Crippen LogP contribution in [0.3, 0.4) is 0 Å². The molecule has 1 saturated carbocycles. The number of hydrogen-bond donors (Lipinski definition) is 3. The lowest BCUT2D eigenvalue weighted by atomic mass is 10.1. The van der Waals surface area contributed by atoms with Gasteiger partial charge >= 0.3 is 6.01 Å². The summed E-state index contributed by atoms with van der Waals surface area (Å²) in [6.45, 7) is -0.133. The van der Waals surface area contributed by atoms with E-state index in [9.17, 15) is 14.6 Å². The average Bonchev–Trinajstić information content (AvgIpc) is 3.30. The molecule has 2 aromatic heterocycles. The molecular weight excluding hydrogens is 333 g/mol. The van der Waals surface area contributed by atoms with Gasteiger partial charge in [0, 0.05) is 0 Å². The number of rotatable bonds is 4. The molecule has 4 rings (SSSR count). The van der Waals surface area contributed by atoms with Gasteiger partial charge in [-0.05, 0) is 25.7 Å². The Kier molecular flexibility index (Phi) is 4.18. The maximum absolute atomic E-state index is 14.9. The molecule has 1 unspecified atom stereocenters. The average molecular weight is 353 g/mol. The highest BCUT2D eigenvalue weighted by molar-refractivity contribution is 5.82. The third kappa shape index (κ3) is 2.90. The van der Waals surface area contributed by atoms with Crippen LogP contribution >= 0.6 is 0 Å². The molecule has 9 nitrogen and oxygen atoms in total. The van der Waals surface area contributed by atoms with Crippen molar-refractivity contribution in [1.82, 2.24) is 19.5 Å². The number of nitrogens with two attached hydrogens (primary N) is 1. The molecule has 2 fully saturated rings. The van der Waals surface area contributed by atoms with Crippen LogP contribution in [0.1, 0.15) is 32.0 Å². The van der Waals surface area contributed by atoms with Gasteiger partial charge in [-0.3, -0.25) is 4.57 Å². The van der Waals surface area contributed by atoms with Gasteiger partial charge in [0.15, 0.2) is 17.0 Å². The molecule has 0 amide bonds. The first kappa shape index (κ1) is 16.4. The van der Waals surface area contributed by atoms with Crippen molar-refractivity contribution in [2.75, 3.05) is 12.3 Å². The van der Waals surface area contributed by atoms with E-state index in [2.05, 4.69) is 15.0 Å². The molecular formula is C15H20FN5O4. The molecule has 1 aliphatic heterocycles. The quantitative estimate of drug-likeness (QED) is 0.717. The smallest absolute Gasteiger partial charge is 0.320 e. The highest BCUT2D eigenvalue weighted by Crippen LogP contribution is 2.31. The Hall–Kier alpha value is -2.04. The minimum Gasteiger partial charge on any atom is -0.460 e. The monoisotopic (exact) mass is 353 g/mol. The number of alkyl halides is 1. The molecule has 0 spiro atoms. The summed E-state index contributed by atoms with van der Waals surface area (Å²) in [5, 5.41) is 19.4. The number of anilines is 1. The topological polar surface area (TPSA) is 129 Å². The number of ether oxygens (including phenoxy) is 2. The maximum atomic E-state index is 14.9. The number of nitrogens with zero attached hydrogens (tertiary/aromatic N) is 4. The Balaban J connectivity index is 1.66. The lowest BCUT2D eigenvalue weighted by Crippen LogP contribution is -2.34. The number of nitrogen functional groups attached to an aromatic ring is 1. The molecule has 1 saturated heterocycles. The summed E-state index contributed by atoms with van der Waals surface area (Å²) in [7, 11) is 0. The molecule has 4 atom stereocenters. The summed E-state index contributed by atoms with van der Waals surface area (Å²) in [6, 6.07) is 0.0822. The zero-order chi connectivity index (χ0) is 17.6. The number of aliphatic hydroxyl groups excluding tert-OH is 2. The van der Waals surface area contributed by atoms with E-state index < -0.39 is 24.6 Å². The van der Waals surface area contributed by atoms with Crippen molar-refractivity contribution in [1.29, 1.82) is 0 Å². The third-order valence-electron chi connectivity index (χ3n) is 4.73. The molecule has 2 aromatic rings. The Morgan fingerprint density at radius 3 is 2.76 bits per heavy atom. The minimum absolute atomic E-state index is 0.0320. The van der Waals surface area contributed by atoms with Crippen molar-refractivity contribution in [3.63, 3.8) is 0 Å². The van der Waals surface area contributed by atoms with Crippen LogP contribution in [0.25, 0.3) is 11.2 Å². The summed E-state index contributed by atoms with van der Waals surface area (Å²) < 4.78 is 26.9. The van der Waals surface area contributed by atoms with Crippen molar-refractivity contribution in [3.05, 3.63) is 6.33 Å². The van der Waals surface area contributed by atoms with Crippen LogP contribution < -0.4 is 10.5 Å². The first-order valence-corrected chi connectivity index (χ1v) is 8.33. The molecule has 3 heterocycles. The van der Waals surface area contributed by atoms with E-state index in [1.807, 2.05) is 0 Å². The van der Waals surface area contributed by atoms with Crippen molar-refractivity contribution < 1.29 is 24.1 Å². The number of imidazole rings is 1. The van der Waals surface area contributed by atoms with E-state index in [4.69, 9.17) is 15.2 Å². The predicted molar refractivity (Wildman–Crippen MR) is 84.5 cm³/mol. The molecule has 4 N–H and O–H groups in total. The lowest BCUT2D eigenvalue weighted by molar-refractivity contribution is -0.0439. The van der Waals surface area contributed by atoms with Crippen LogP contribution in [0.5, 0.6) is 6.01 Å². The van der Waals surface area contributed by atoms with Crippen molar-refractivity contribution >= 4 is 17.0 Å². The standard InChI is InChI=1S/C15H20FN5O4/c16-12(11-10(23)8(22)5-24-11)21-6-18-9-13(17)19-15(20-14(9)21)25-7-3-1-2-4-7/h6-8,10-12,22-23H,1-5H2,(H2,17,19,20)/t8-,10+,11-,12?/m0/s1. The summed E-state index contributed by atoms with van der Waals surface area (Å²) in [6.07, 6.45) is -0.185. The number of hydrogen-bond acceptors (Lipinski definition) is 8. The molecule has 0 radical (unpaired) electrons. The molecule has 2 aliphatic rings. The van der Waals surface area contributed by atoms with E-state index in [-0.39, 0.29) is 35.7 Å². The van der Waals surface area contributed by atoms with E-state index in [0.29, 0.717) is 0 Å². The summed E-state index contributed by atoms with van der Waals surface area (Å²) in [5.74, 6) is 0.0943. The molecule has 0 bridgehead atoms. The second kappa shape index (κ2) is 6.36. The van der Waals surface area contributed by atoms with Crippen molar-refractivity contribution in [2.24, 2.45) is 0 Å². The van der Waals surface area contributed by atoms with Crippen LogP contribution in [0.2, 0.25) is 0 Å². The molecule has 0 aromatic carbocycles. The van der Waals surface area contributed by atoms with Gasteiger partial charge in [-0.15, -0.1) is 0 Å². The largest absolute Gasteiger partial charge is 0.460 e. The highest BCUT2D eigenvalue weighted by Gasteiger charge is 2.41. The van der Waals surface area contributed by atoms with Crippen molar-refractivity contribution in [3.8, 4) is 6.01 Å². The predicted octanol–water partition coefficient (Wildman–Crippen LogP) is 0.319. The van der Waals surface area contributed by atoms with E-state index in [1.54, 1.807) is 0 Å². The van der Waals surface area contributed by atoms with Gasteiger partial charge in [0.05, 0.1) is 12.9 Å². The van der Waals surface area contributed by atoms with Gasteiger partial charge in [-0.1, -0.05) is 0 Å². The second-order valence-electron chi connectivity index (χ2n) is 6.47. The van der Waals surface area contributed by atoms with Gasteiger partial charge in [0.1, 0.15) is 24.4 Å². The normalized spacial score (nSPS) is 28.7. The fraction of sp³-hybridized carbons (Fsp3) is 0.667. The van der Waals surface area contributed by atoms with Gasteiger partial charge in [0.2, 0.25) is 6.30 Å². The fourth-order valence-corrected chi connectivity index (χ4v) is 3.33. The summed E-state index contributed by atoms with van der Waals surface area (Å²) >= 11 is 0. The van der Waals surface area contributed by atoms with Gasteiger partial charge in [0.25, 0.3) is 0 Å². The summed E-state index contributed by atoms with van der Waals surface area (Å²) in [4.78, 5) is 12.4. The Bertz CT molecular complexity index is 766. The Morgan fingerprint density at radius 1 is 1.32 bits per heavy atom. The highest BCUT2D eigenvalue weighted by atomic mass is 19.1. The second-order valence-corrected chi connectivity index (χ2v) is 6.47. The Labute approximate surface area is 142 Å². The first-order valence-electron chi connectivity index (χ1n) is 8.33. The Morgan fingerprint density at radius 2 is 2.08 bits per heavy atom. The van der Waals surface area contributed by atoms with Crippen LogP contribution in [-0.4, -0.2) is 60.8 Å². The van der Waals surface area contributed by atoms with E-state index in [1.165, 1.54) is 6.33 Å². The molecule has 1 aliphatic carbocycles. The van der Waals surface area contributed by atoms with Crippen LogP contribution in [-0.2, 0) is 4.74 Å². The molecule has 25 heavy (non-hydrogen) atoms. The SMILES string of the molecule is Nc1nc(OC2CCCC2)nc2c1ncn2C(F)[C@H]1OC[C@H](O)[C@H]1O. The number of fused-ring (bicyclic) bond motifs is 1. The third-order valence-corrected chi connectivity index (χ3v) is 4.73. The molecule has 10 heteroatoms. The zero-order valence-electron chi connectivity index (χ0n) is 13.5. The zero-order valence-corrected chi connectivity index (χ0v) is 13.5. The minimum atomic E-state index is -1.79. The first-order chi connectivity index (χ1) is 12.0. The van der Waals surface area contributed by atoms with E-state index in [0.717, 1.165) is 30.3 Å². The van der Waals surface area contributed by atoms with Gasteiger partial charge < -0.3 is 25.4 Å². The number of aromatic nitrogens is 4. The lowest BCUT2D eigenvalue weighted by Gasteiger charge is -2.20. The van der Waals surface area contributed by atoms with Crippen LogP contribution in [0.4, 0.5) is 10.2 Å². The maximum Gasteiger partial charge on any atom is 0.320 e. The van der Waals surface area contributed by atoms with Crippen LogP contribution in [0.15, 0.2) is 6.33 Å². The van der Waals surface area contributed by atoms with Crippen LogP contribution in [0, 0.1) is 0 Å². The molecule has 136 valence electrons.